The third-order valence-electron chi connectivity index (χ3n) is 3.13. The molecule has 1 heterocycles. The number of aromatic nitrogens is 1. The van der Waals surface area contributed by atoms with Crippen molar-refractivity contribution >= 4 is 38.7 Å². The van der Waals surface area contributed by atoms with E-state index in [0.717, 1.165) is 21.1 Å². The molecular weight excluding hydrogens is 336 g/mol. The number of amides is 1. The third-order valence-corrected chi connectivity index (χ3v) is 3.63. The molecule has 21 heavy (non-hydrogen) atoms. The molecule has 0 spiro atoms. The van der Waals surface area contributed by atoms with Gasteiger partial charge in [-0.3, -0.25) is 14.6 Å². The molecule has 0 aliphatic heterocycles. The molecule has 1 amide bonds. The summed E-state index contributed by atoms with van der Waals surface area (Å²) in [5.41, 5.74) is 1.97. The highest BCUT2D eigenvalue weighted by Gasteiger charge is 2.16. The Morgan fingerprint density at radius 2 is 2.10 bits per heavy atom. The zero-order valence-electron chi connectivity index (χ0n) is 11.7. The highest BCUT2D eigenvalue weighted by atomic mass is 79.9. The minimum absolute atomic E-state index is 0.0883. The summed E-state index contributed by atoms with van der Waals surface area (Å²) in [7, 11) is 0. The van der Waals surface area contributed by atoms with E-state index in [1.807, 2.05) is 25.1 Å². The number of hydrogen-bond donors (Lipinski definition) is 2. The standard InChI is InChI=1S/C15H15BrN2O3/c1-8(15(20)21)7-17-14(19)12-5-9(2)18-13-4-3-10(16)6-11(12)13/h3-6,8H,7H2,1-2H3,(H,17,19)(H,20,21). The Morgan fingerprint density at radius 3 is 2.76 bits per heavy atom. The van der Waals surface area contributed by atoms with Gasteiger partial charge in [-0.25, -0.2) is 0 Å². The van der Waals surface area contributed by atoms with E-state index in [9.17, 15) is 9.59 Å². The van der Waals surface area contributed by atoms with E-state index in [1.165, 1.54) is 0 Å². The average molecular weight is 351 g/mol. The lowest BCUT2D eigenvalue weighted by Gasteiger charge is -2.11. The fourth-order valence-corrected chi connectivity index (χ4v) is 2.31. The molecule has 0 saturated carbocycles. The largest absolute Gasteiger partial charge is 0.481 e. The Hall–Kier alpha value is -1.95. The van der Waals surface area contributed by atoms with Crippen LogP contribution in [0, 0.1) is 12.8 Å². The van der Waals surface area contributed by atoms with Gasteiger partial charge in [-0.05, 0) is 31.2 Å². The molecule has 110 valence electrons. The van der Waals surface area contributed by atoms with Crippen molar-refractivity contribution in [2.45, 2.75) is 13.8 Å². The molecule has 2 aromatic rings. The number of carbonyl (C=O) groups is 2. The molecule has 6 heteroatoms. The summed E-state index contributed by atoms with van der Waals surface area (Å²) in [6, 6.07) is 7.24. The van der Waals surface area contributed by atoms with Crippen LogP contribution in [0.25, 0.3) is 10.9 Å². The molecule has 1 aromatic heterocycles. The van der Waals surface area contributed by atoms with Crippen molar-refractivity contribution in [2.75, 3.05) is 6.54 Å². The van der Waals surface area contributed by atoms with Crippen molar-refractivity contribution in [1.82, 2.24) is 10.3 Å². The van der Waals surface area contributed by atoms with Crippen LogP contribution in [-0.4, -0.2) is 28.5 Å². The van der Waals surface area contributed by atoms with Crippen LogP contribution in [0.15, 0.2) is 28.7 Å². The Balaban J connectivity index is 2.34. The smallest absolute Gasteiger partial charge is 0.308 e. The van der Waals surface area contributed by atoms with E-state index in [4.69, 9.17) is 5.11 Å². The second kappa shape index (κ2) is 6.22. The molecule has 1 atom stereocenters. The van der Waals surface area contributed by atoms with Crippen LogP contribution in [0.4, 0.5) is 0 Å². The van der Waals surface area contributed by atoms with Gasteiger partial charge in [0.05, 0.1) is 17.0 Å². The van der Waals surface area contributed by atoms with E-state index < -0.39 is 11.9 Å². The Kier molecular flexibility index (Phi) is 4.57. The maximum atomic E-state index is 12.3. The van der Waals surface area contributed by atoms with Gasteiger partial charge in [0, 0.05) is 22.1 Å². The first kappa shape index (κ1) is 15.4. The Morgan fingerprint density at radius 1 is 1.38 bits per heavy atom. The lowest BCUT2D eigenvalue weighted by Crippen LogP contribution is -2.31. The number of carboxylic acids is 1. The van der Waals surface area contributed by atoms with E-state index in [-0.39, 0.29) is 12.5 Å². The SMILES string of the molecule is Cc1cc(C(=O)NCC(C)C(=O)O)c2cc(Br)ccc2n1. The topological polar surface area (TPSA) is 79.3 Å². The number of aryl methyl sites for hydroxylation is 1. The fraction of sp³-hybridized carbons (Fsp3) is 0.267. The van der Waals surface area contributed by atoms with E-state index in [0.29, 0.717) is 5.56 Å². The highest BCUT2D eigenvalue weighted by molar-refractivity contribution is 9.10. The average Bonchev–Trinajstić information content (AvgIpc) is 2.43. The summed E-state index contributed by atoms with van der Waals surface area (Å²) in [5, 5.41) is 12.2. The van der Waals surface area contributed by atoms with Crippen LogP contribution in [0.2, 0.25) is 0 Å². The molecule has 0 bridgehead atoms. The van der Waals surface area contributed by atoms with Crippen LogP contribution >= 0.6 is 15.9 Å². The zero-order chi connectivity index (χ0) is 15.6. The molecule has 2 rings (SSSR count). The number of fused-ring (bicyclic) bond motifs is 1. The van der Waals surface area contributed by atoms with Crippen molar-refractivity contribution in [2.24, 2.45) is 5.92 Å². The Labute approximate surface area is 130 Å². The van der Waals surface area contributed by atoms with Gasteiger partial charge in [-0.15, -0.1) is 0 Å². The number of nitrogens with one attached hydrogen (secondary N) is 1. The minimum Gasteiger partial charge on any atom is -0.481 e. The summed E-state index contributed by atoms with van der Waals surface area (Å²) < 4.78 is 0.855. The number of benzene rings is 1. The number of carboxylic acid groups (broad SMARTS) is 1. The van der Waals surface area contributed by atoms with Crippen molar-refractivity contribution < 1.29 is 14.7 Å². The van der Waals surface area contributed by atoms with Crippen LogP contribution in [-0.2, 0) is 4.79 Å². The predicted octanol–water partition coefficient (Wildman–Crippen LogP) is 2.76. The summed E-state index contributed by atoms with van der Waals surface area (Å²) in [4.78, 5) is 27.5. The fourth-order valence-electron chi connectivity index (χ4n) is 1.95. The maximum absolute atomic E-state index is 12.3. The molecular formula is C15H15BrN2O3. The van der Waals surface area contributed by atoms with Gasteiger partial charge in [0.25, 0.3) is 5.91 Å². The molecule has 1 aromatic carbocycles. The number of hydrogen-bond acceptors (Lipinski definition) is 3. The number of nitrogens with zero attached hydrogens (tertiary/aromatic N) is 1. The summed E-state index contributed by atoms with van der Waals surface area (Å²) in [6.45, 7) is 3.46. The first-order valence-corrected chi connectivity index (χ1v) is 7.25. The molecule has 0 aliphatic rings. The van der Waals surface area contributed by atoms with Gasteiger partial charge in [0.15, 0.2) is 0 Å². The predicted molar refractivity (Wildman–Crippen MR) is 83.3 cm³/mol. The molecule has 5 nitrogen and oxygen atoms in total. The van der Waals surface area contributed by atoms with Gasteiger partial charge in [-0.2, -0.15) is 0 Å². The van der Waals surface area contributed by atoms with Gasteiger partial charge >= 0.3 is 5.97 Å². The van der Waals surface area contributed by atoms with E-state index in [2.05, 4.69) is 26.2 Å². The normalized spacial score (nSPS) is 12.1. The van der Waals surface area contributed by atoms with Crippen molar-refractivity contribution in [3.63, 3.8) is 0 Å². The summed E-state index contributed by atoms with van der Waals surface area (Å²) in [5.74, 6) is -1.86. The zero-order valence-corrected chi connectivity index (χ0v) is 13.3. The lowest BCUT2D eigenvalue weighted by molar-refractivity contribution is -0.140. The number of pyridine rings is 1. The lowest BCUT2D eigenvalue weighted by atomic mass is 10.1. The van der Waals surface area contributed by atoms with Gasteiger partial charge in [-0.1, -0.05) is 22.9 Å². The number of carbonyl (C=O) groups excluding carboxylic acids is 1. The Bertz CT molecular complexity index is 715. The quantitative estimate of drug-likeness (QED) is 0.888. The van der Waals surface area contributed by atoms with Gasteiger partial charge in [0.1, 0.15) is 0 Å². The van der Waals surface area contributed by atoms with Gasteiger partial charge < -0.3 is 10.4 Å². The van der Waals surface area contributed by atoms with Crippen LogP contribution in [0.1, 0.15) is 23.0 Å². The third kappa shape index (κ3) is 3.58. The maximum Gasteiger partial charge on any atom is 0.308 e. The van der Waals surface area contributed by atoms with Crippen LogP contribution < -0.4 is 5.32 Å². The molecule has 0 saturated heterocycles. The second-order valence-electron chi connectivity index (χ2n) is 4.92. The number of aliphatic carboxylic acids is 1. The molecule has 2 N–H and O–H groups in total. The van der Waals surface area contributed by atoms with Crippen molar-refractivity contribution in [3.8, 4) is 0 Å². The second-order valence-corrected chi connectivity index (χ2v) is 5.84. The molecule has 0 aliphatic carbocycles. The molecule has 1 unspecified atom stereocenters. The van der Waals surface area contributed by atoms with Gasteiger partial charge in [0.2, 0.25) is 0 Å². The van der Waals surface area contributed by atoms with Crippen molar-refractivity contribution in [1.29, 1.82) is 0 Å². The van der Waals surface area contributed by atoms with E-state index in [1.54, 1.807) is 13.0 Å². The minimum atomic E-state index is -0.936. The summed E-state index contributed by atoms with van der Waals surface area (Å²) >= 11 is 3.38. The molecule has 0 fully saturated rings. The molecule has 0 radical (unpaired) electrons. The first-order valence-electron chi connectivity index (χ1n) is 6.46. The van der Waals surface area contributed by atoms with Crippen LogP contribution in [0.5, 0.6) is 0 Å². The number of halogens is 1. The highest BCUT2D eigenvalue weighted by Crippen LogP contribution is 2.22. The monoisotopic (exact) mass is 350 g/mol. The van der Waals surface area contributed by atoms with E-state index >= 15 is 0 Å². The van der Waals surface area contributed by atoms with Crippen molar-refractivity contribution in [3.05, 3.63) is 40.0 Å². The number of rotatable bonds is 4. The summed E-state index contributed by atoms with van der Waals surface area (Å²) in [6.07, 6.45) is 0. The first-order chi connectivity index (χ1) is 9.88. The van der Waals surface area contributed by atoms with Crippen LogP contribution in [0.3, 0.4) is 0 Å².